The third-order valence-electron chi connectivity index (χ3n) is 3.61. The summed E-state index contributed by atoms with van der Waals surface area (Å²) in [4.78, 5) is 3.99. The monoisotopic (exact) mass is 285 g/mol. The van der Waals surface area contributed by atoms with Crippen LogP contribution in [0, 0.1) is 0 Å². The van der Waals surface area contributed by atoms with Crippen LogP contribution >= 0.6 is 0 Å². The van der Waals surface area contributed by atoms with Crippen molar-refractivity contribution >= 4 is 0 Å². The van der Waals surface area contributed by atoms with Crippen LogP contribution in [0.4, 0.5) is 0 Å². The van der Waals surface area contributed by atoms with Crippen LogP contribution in [0.5, 0.6) is 11.5 Å². The molecule has 1 aliphatic heterocycles. The van der Waals surface area contributed by atoms with Gasteiger partial charge >= 0.3 is 0 Å². The molecular weight excluding hydrogens is 266 g/mol. The van der Waals surface area contributed by atoms with Crippen LogP contribution < -0.4 is 9.47 Å². The lowest BCUT2D eigenvalue weighted by Gasteiger charge is -2.14. The number of hydrogen-bond acceptors (Lipinski definition) is 4. The Bertz CT molecular complexity index is 586. The highest BCUT2D eigenvalue weighted by molar-refractivity contribution is 5.44. The first-order valence-corrected chi connectivity index (χ1v) is 7.29. The average Bonchev–Trinajstić information content (AvgIpc) is 2.78. The zero-order chi connectivity index (χ0) is 14.5. The molecule has 1 N–H and O–H groups in total. The second kappa shape index (κ2) is 6.59. The number of nitrogens with zero attached hydrogens (tertiary/aromatic N) is 1. The van der Waals surface area contributed by atoms with Gasteiger partial charge in [0.1, 0.15) is 0 Å². The van der Waals surface area contributed by atoms with Crippen molar-refractivity contribution in [2.24, 2.45) is 0 Å². The number of rotatable bonds is 4. The number of benzene rings is 1. The SMILES string of the molecule is OC(CCc1ccncc1)c1ccc2c(c1)OCCCO2. The molecule has 3 rings (SSSR count). The van der Waals surface area contributed by atoms with E-state index < -0.39 is 6.10 Å². The maximum atomic E-state index is 10.3. The molecule has 0 spiro atoms. The summed E-state index contributed by atoms with van der Waals surface area (Å²) in [5.41, 5.74) is 2.05. The number of pyridine rings is 1. The van der Waals surface area contributed by atoms with E-state index in [9.17, 15) is 5.11 Å². The minimum absolute atomic E-state index is 0.504. The van der Waals surface area contributed by atoms with Crippen molar-refractivity contribution in [3.63, 3.8) is 0 Å². The lowest BCUT2D eigenvalue weighted by atomic mass is 10.0. The van der Waals surface area contributed by atoms with Gasteiger partial charge in [-0.1, -0.05) is 6.07 Å². The fraction of sp³-hybridized carbons (Fsp3) is 0.353. The third kappa shape index (κ3) is 3.52. The predicted molar refractivity (Wildman–Crippen MR) is 79.6 cm³/mol. The molecule has 1 atom stereocenters. The summed E-state index contributed by atoms with van der Waals surface area (Å²) in [7, 11) is 0. The average molecular weight is 285 g/mol. The normalized spacial score (nSPS) is 15.3. The van der Waals surface area contributed by atoms with Crippen molar-refractivity contribution in [2.75, 3.05) is 13.2 Å². The quantitative estimate of drug-likeness (QED) is 0.938. The molecule has 1 aromatic carbocycles. The van der Waals surface area contributed by atoms with Crippen molar-refractivity contribution in [3.8, 4) is 11.5 Å². The van der Waals surface area contributed by atoms with Gasteiger partial charge in [-0.3, -0.25) is 4.98 Å². The molecule has 1 unspecified atom stereocenters. The smallest absolute Gasteiger partial charge is 0.161 e. The largest absolute Gasteiger partial charge is 0.490 e. The molecule has 1 aromatic heterocycles. The van der Waals surface area contributed by atoms with Gasteiger partial charge < -0.3 is 14.6 Å². The first kappa shape index (κ1) is 13.9. The number of ether oxygens (including phenoxy) is 2. The van der Waals surface area contributed by atoms with Crippen molar-refractivity contribution in [1.29, 1.82) is 0 Å². The van der Waals surface area contributed by atoms with Gasteiger partial charge in [0.25, 0.3) is 0 Å². The van der Waals surface area contributed by atoms with Crippen molar-refractivity contribution in [2.45, 2.75) is 25.4 Å². The van der Waals surface area contributed by atoms with Crippen LogP contribution in [0.3, 0.4) is 0 Å². The second-order valence-corrected chi connectivity index (χ2v) is 5.17. The number of aromatic nitrogens is 1. The molecule has 0 aliphatic carbocycles. The lowest BCUT2D eigenvalue weighted by Crippen LogP contribution is -2.01. The maximum Gasteiger partial charge on any atom is 0.161 e. The number of aliphatic hydroxyl groups excluding tert-OH is 1. The number of hydrogen-bond donors (Lipinski definition) is 1. The summed E-state index contributed by atoms with van der Waals surface area (Å²) in [6.07, 6.45) is 5.41. The number of aryl methyl sites for hydroxylation is 1. The highest BCUT2D eigenvalue weighted by atomic mass is 16.5. The summed E-state index contributed by atoms with van der Waals surface area (Å²) < 4.78 is 11.3. The Hall–Kier alpha value is -2.07. The minimum Gasteiger partial charge on any atom is -0.490 e. The zero-order valence-electron chi connectivity index (χ0n) is 11.9. The molecule has 0 saturated heterocycles. The molecule has 0 fully saturated rings. The van der Waals surface area contributed by atoms with Gasteiger partial charge in [-0.25, -0.2) is 0 Å². The minimum atomic E-state index is -0.504. The molecule has 1 aliphatic rings. The molecule has 2 heterocycles. The summed E-state index contributed by atoms with van der Waals surface area (Å²) >= 11 is 0. The van der Waals surface area contributed by atoms with E-state index in [1.165, 1.54) is 5.56 Å². The fourth-order valence-electron chi connectivity index (χ4n) is 2.41. The second-order valence-electron chi connectivity index (χ2n) is 5.17. The van der Waals surface area contributed by atoms with E-state index in [-0.39, 0.29) is 0 Å². The van der Waals surface area contributed by atoms with Crippen molar-refractivity contribution in [1.82, 2.24) is 4.98 Å². The van der Waals surface area contributed by atoms with Crippen molar-refractivity contribution < 1.29 is 14.6 Å². The number of fused-ring (bicyclic) bond motifs is 1. The van der Waals surface area contributed by atoms with Crippen LogP contribution in [-0.2, 0) is 6.42 Å². The van der Waals surface area contributed by atoms with Gasteiger partial charge in [0.05, 0.1) is 19.3 Å². The highest BCUT2D eigenvalue weighted by Gasteiger charge is 2.14. The van der Waals surface area contributed by atoms with Crippen LogP contribution in [0.15, 0.2) is 42.7 Å². The van der Waals surface area contributed by atoms with E-state index in [1.54, 1.807) is 12.4 Å². The van der Waals surface area contributed by atoms with E-state index in [0.717, 1.165) is 29.9 Å². The van der Waals surface area contributed by atoms with E-state index in [1.807, 2.05) is 30.3 Å². The summed E-state index contributed by atoms with van der Waals surface area (Å²) in [6.45, 7) is 1.33. The first-order valence-electron chi connectivity index (χ1n) is 7.29. The number of aliphatic hydroxyl groups is 1. The van der Waals surface area contributed by atoms with E-state index in [2.05, 4.69) is 4.98 Å². The Labute approximate surface area is 124 Å². The molecule has 4 heteroatoms. The summed E-state index contributed by atoms with van der Waals surface area (Å²) in [5.74, 6) is 1.49. The Balaban J connectivity index is 1.67. The predicted octanol–water partition coefficient (Wildman–Crippen LogP) is 2.91. The van der Waals surface area contributed by atoms with Gasteiger partial charge in [-0.2, -0.15) is 0 Å². The Morgan fingerprint density at radius 2 is 1.81 bits per heavy atom. The summed E-state index contributed by atoms with van der Waals surface area (Å²) in [5, 5.41) is 10.3. The highest BCUT2D eigenvalue weighted by Crippen LogP contribution is 2.33. The molecule has 21 heavy (non-hydrogen) atoms. The molecule has 0 amide bonds. The first-order chi connectivity index (χ1) is 10.3. The molecule has 2 aromatic rings. The Morgan fingerprint density at radius 3 is 2.62 bits per heavy atom. The fourth-order valence-corrected chi connectivity index (χ4v) is 2.41. The van der Waals surface area contributed by atoms with Gasteiger partial charge in [0.2, 0.25) is 0 Å². The zero-order valence-corrected chi connectivity index (χ0v) is 11.9. The van der Waals surface area contributed by atoms with E-state index >= 15 is 0 Å². The molecular formula is C17H19NO3. The Kier molecular flexibility index (Phi) is 4.36. The van der Waals surface area contributed by atoms with Crippen LogP contribution in [0.25, 0.3) is 0 Å². The van der Waals surface area contributed by atoms with Crippen molar-refractivity contribution in [3.05, 3.63) is 53.9 Å². The molecule has 0 radical (unpaired) electrons. The standard InChI is InChI=1S/C17H19NO3/c19-15(4-2-13-6-8-18-9-7-13)14-3-5-16-17(12-14)21-11-1-10-20-16/h3,5-9,12,15,19H,1-2,4,10-11H2. The van der Waals surface area contributed by atoms with Gasteiger partial charge in [0, 0.05) is 18.8 Å². The van der Waals surface area contributed by atoms with E-state index in [0.29, 0.717) is 19.6 Å². The van der Waals surface area contributed by atoms with Gasteiger partial charge in [-0.15, -0.1) is 0 Å². The lowest BCUT2D eigenvalue weighted by molar-refractivity contribution is 0.167. The van der Waals surface area contributed by atoms with Crippen LogP contribution in [0.2, 0.25) is 0 Å². The Morgan fingerprint density at radius 1 is 1.05 bits per heavy atom. The van der Waals surface area contributed by atoms with Gasteiger partial charge in [-0.05, 0) is 48.2 Å². The van der Waals surface area contributed by atoms with Gasteiger partial charge in [0.15, 0.2) is 11.5 Å². The van der Waals surface area contributed by atoms with Crippen LogP contribution in [-0.4, -0.2) is 23.3 Å². The summed E-state index contributed by atoms with van der Waals surface area (Å²) in [6, 6.07) is 9.62. The van der Waals surface area contributed by atoms with Crippen LogP contribution in [0.1, 0.15) is 30.1 Å². The maximum absolute atomic E-state index is 10.3. The molecule has 4 nitrogen and oxygen atoms in total. The van der Waals surface area contributed by atoms with E-state index in [4.69, 9.17) is 9.47 Å². The molecule has 0 bridgehead atoms. The third-order valence-corrected chi connectivity index (χ3v) is 3.61. The topological polar surface area (TPSA) is 51.6 Å². The molecule has 110 valence electrons. The molecule has 0 saturated carbocycles.